The normalized spacial score (nSPS) is 13.1. The molecular formula is C20H20FN3O5. The number of carbonyl (C=O) groups is 1. The molecule has 0 saturated heterocycles. The minimum atomic E-state index is -1.42. The summed E-state index contributed by atoms with van der Waals surface area (Å²) in [5.41, 5.74) is -1.79. The van der Waals surface area contributed by atoms with Crippen LogP contribution >= 0.6 is 0 Å². The third kappa shape index (κ3) is 3.71. The van der Waals surface area contributed by atoms with Crippen LogP contribution in [0.25, 0.3) is 0 Å². The summed E-state index contributed by atoms with van der Waals surface area (Å²) in [6, 6.07) is 6.55. The standard InChI is InChI=1S/C20H20FN3O5/c1-10(21)14(13-8-5-9-29-13)23-16-15(18(26)19(16)27)22-12-7-4-6-11(17(12)25)20(28)24(2)3/h4-10,14,22-23,25H,1-3H3/t10?,14-/m1/s1. The molecule has 29 heavy (non-hydrogen) atoms. The quantitative estimate of drug-likeness (QED) is 0.412. The first-order valence-corrected chi connectivity index (χ1v) is 8.80. The molecule has 0 aliphatic carbocycles. The van der Waals surface area contributed by atoms with E-state index in [0.29, 0.717) is 0 Å². The van der Waals surface area contributed by atoms with Crippen LogP contribution in [-0.4, -0.2) is 36.2 Å². The molecule has 0 saturated carbocycles. The van der Waals surface area contributed by atoms with Crippen LogP contribution in [0.3, 0.4) is 0 Å². The number of halogens is 1. The fraction of sp³-hybridized carbons (Fsp3) is 0.250. The number of carbonyl (C=O) groups excluding carboxylic acids is 1. The van der Waals surface area contributed by atoms with Crippen molar-refractivity contribution in [1.29, 1.82) is 0 Å². The smallest absolute Gasteiger partial charge is 0.257 e. The molecule has 3 aromatic rings. The second-order valence-corrected chi connectivity index (χ2v) is 6.75. The van der Waals surface area contributed by atoms with Gasteiger partial charge in [-0.1, -0.05) is 6.07 Å². The van der Waals surface area contributed by atoms with Crippen LogP contribution in [0.1, 0.15) is 29.1 Å². The van der Waals surface area contributed by atoms with Crippen molar-refractivity contribution < 1.29 is 18.7 Å². The molecule has 0 bridgehead atoms. The zero-order chi connectivity index (χ0) is 21.3. The van der Waals surface area contributed by atoms with Gasteiger partial charge in [-0.05, 0) is 31.2 Å². The highest BCUT2D eigenvalue weighted by molar-refractivity contribution is 5.99. The zero-order valence-electron chi connectivity index (χ0n) is 16.0. The largest absolute Gasteiger partial charge is 0.505 e. The highest BCUT2D eigenvalue weighted by Crippen LogP contribution is 2.33. The van der Waals surface area contributed by atoms with E-state index < -0.39 is 29.0 Å². The van der Waals surface area contributed by atoms with Crippen molar-refractivity contribution in [2.75, 3.05) is 24.7 Å². The fourth-order valence-electron chi connectivity index (χ4n) is 2.88. The van der Waals surface area contributed by atoms with Gasteiger partial charge in [0, 0.05) is 14.1 Å². The molecule has 0 aliphatic rings. The molecule has 3 N–H and O–H groups in total. The minimum Gasteiger partial charge on any atom is -0.505 e. The summed E-state index contributed by atoms with van der Waals surface area (Å²) < 4.78 is 19.3. The summed E-state index contributed by atoms with van der Waals surface area (Å²) in [6.07, 6.45) is -0.0493. The lowest BCUT2D eigenvalue weighted by Crippen LogP contribution is -2.38. The molecular weight excluding hydrogens is 381 g/mol. The van der Waals surface area contributed by atoms with Crippen LogP contribution in [0.4, 0.5) is 21.5 Å². The summed E-state index contributed by atoms with van der Waals surface area (Å²) in [5.74, 6) is -0.536. The third-order valence-corrected chi connectivity index (χ3v) is 4.45. The van der Waals surface area contributed by atoms with Crippen LogP contribution in [-0.2, 0) is 0 Å². The Labute approximate surface area is 165 Å². The van der Waals surface area contributed by atoms with Crippen molar-refractivity contribution in [1.82, 2.24) is 4.90 Å². The number of alkyl halides is 1. The van der Waals surface area contributed by atoms with Gasteiger partial charge in [-0.25, -0.2) is 4.39 Å². The number of para-hydroxylation sites is 1. The van der Waals surface area contributed by atoms with E-state index >= 15 is 0 Å². The van der Waals surface area contributed by atoms with E-state index in [2.05, 4.69) is 10.6 Å². The molecule has 0 radical (unpaired) electrons. The molecule has 0 spiro atoms. The summed E-state index contributed by atoms with van der Waals surface area (Å²) in [5, 5.41) is 15.8. The van der Waals surface area contributed by atoms with Gasteiger partial charge in [0.1, 0.15) is 29.3 Å². The Bertz CT molecular complexity index is 1100. The topological polar surface area (TPSA) is 112 Å². The number of phenols is 1. The van der Waals surface area contributed by atoms with Gasteiger partial charge in [0.25, 0.3) is 16.8 Å². The van der Waals surface area contributed by atoms with E-state index in [1.165, 1.54) is 50.4 Å². The lowest BCUT2D eigenvalue weighted by Gasteiger charge is -2.22. The van der Waals surface area contributed by atoms with E-state index in [1.54, 1.807) is 12.1 Å². The van der Waals surface area contributed by atoms with E-state index in [-0.39, 0.29) is 34.1 Å². The molecule has 3 rings (SSSR count). The average Bonchev–Trinajstić information content (AvgIpc) is 3.21. The van der Waals surface area contributed by atoms with Gasteiger partial charge in [-0.2, -0.15) is 0 Å². The van der Waals surface area contributed by atoms with Crippen molar-refractivity contribution in [3.8, 4) is 5.75 Å². The Hall–Kier alpha value is -3.62. The molecule has 9 heteroatoms. The number of aromatic hydroxyl groups is 1. The van der Waals surface area contributed by atoms with Crippen LogP contribution in [0.15, 0.2) is 50.6 Å². The number of nitrogens with one attached hydrogen (secondary N) is 2. The molecule has 1 aromatic heterocycles. The number of benzene rings is 1. The summed E-state index contributed by atoms with van der Waals surface area (Å²) in [7, 11) is 3.07. The first kappa shape index (κ1) is 20.1. The monoisotopic (exact) mass is 401 g/mol. The highest BCUT2D eigenvalue weighted by atomic mass is 19.1. The summed E-state index contributed by atoms with van der Waals surface area (Å²) in [4.78, 5) is 37.6. The second-order valence-electron chi connectivity index (χ2n) is 6.75. The maximum atomic E-state index is 14.1. The number of amides is 1. The molecule has 152 valence electrons. The van der Waals surface area contributed by atoms with Gasteiger partial charge in [-0.15, -0.1) is 0 Å². The van der Waals surface area contributed by atoms with Crippen molar-refractivity contribution in [2.45, 2.75) is 19.1 Å². The number of furan rings is 1. The van der Waals surface area contributed by atoms with Gasteiger partial charge in [-0.3, -0.25) is 14.4 Å². The number of phenolic OH excluding ortho intramolecular Hbond substituents is 1. The van der Waals surface area contributed by atoms with E-state index in [1.807, 2.05) is 0 Å². The zero-order valence-corrected chi connectivity index (χ0v) is 16.0. The van der Waals surface area contributed by atoms with Crippen molar-refractivity contribution in [3.05, 3.63) is 68.4 Å². The molecule has 2 aromatic carbocycles. The molecule has 8 nitrogen and oxygen atoms in total. The SMILES string of the molecule is CC(F)[C@@H](Nc1c(Nc2cccc(C(=O)N(C)C)c2O)c(=O)c1=O)c1ccco1. The molecule has 0 fully saturated rings. The Balaban J connectivity index is 1.92. The minimum absolute atomic E-state index is 0.0269. The van der Waals surface area contributed by atoms with Gasteiger partial charge in [0.15, 0.2) is 5.75 Å². The van der Waals surface area contributed by atoms with Crippen molar-refractivity contribution in [3.63, 3.8) is 0 Å². The molecule has 1 unspecified atom stereocenters. The van der Waals surface area contributed by atoms with Gasteiger partial charge >= 0.3 is 0 Å². The molecule has 0 aliphatic heterocycles. The van der Waals surface area contributed by atoms with E-state index in [0.717, 1.165) is 0 Å². The average molecular weight is 401 g/mol. The van der Waals surface area contributed by atoms with Crippen LogP contribution in [0.5, 0.6) is 5.75 Å². The first-order valence-electron chi connectivity index (χ1n) is 8.80. The fourth-order valence-corrected chi connectivity index (χ4v) is 2.88. The second kappa shape index (κ2) is 7.78. The predicted molar refractivity (Wildman–Crippen MR) is 106 cm³/mol. The van der Waals surface area contributed by atoms with E-state index in [9.17, 15) is 23.9 Å². The molecule has 1 heterocycles. The first-order chi connectivity index (χ1) is 13.7. The molecule has 1 amide bonds. The Morgan fingerprint density at radius 2 is 1.83 bits per heavy atom. The number of nitrogens with zero attached hydrogens (tertiary/aromatic N) is 1. The van der Waals surface area contributed by atoms with Crippen LogP contribution in [0, 0.1) is 0 Å². The summed E-state index contributed by atoms with van der Waals surface area (Å²) in [6.45, 7) is 1.29. The number of hydrogen-bond acceptors (Lipinski definition) is 7. The van der Waals surface area contributed by atoms with Gasteiger partial charge in [0.2, 0.25) is 0 Å². The Morgan fingerprint density at radius 3 is 2.41 bits per heavy atom. The van der Waals surface area contributed by atoms with Gasteiger partial charge in [0.05, 0.1) is 17.5 Å². The Morgan fingerprint density at radius 1 is 1.14 bits per heavy atom. The molecule has 2 atom stereocenters. The summed E-state index contributed by atoms with van der Waals surface area (Å²) >= 11 is 0. The van der Waals surface area contributed by atoms with Crippen molar-refractivity contribution >= 4 is 23.0 Å². The lowest BCUT2D eigenvalue weighted by molar-refractivity contribution is 0.0824. The Kier molecular flexibility index (Phi) is 5.40. The van der Waals surface area contributed by atoms with Gasteiger partial charge < -0.3 is 25.1 Å². The van der Waals surface area contributed by atoms with Crippen LogP contribution in [0.2, 0.25) is 0 Å². The third-order valence-electron chi connectivity index (χ3n) is 4.45. The lowest BCUT2D eigenvalue weighted by atomic mass is 10.1. The highest BCUT2D eigenvalue weighted by Gasteiger charge is 2.29. The maximum Gasteiger partial charge on any atom is 0.257 e. The van der Waals surface area contributed by atoms with E-state index in [4.69, 9.17) is 4.42 Å². The number of hydrogen-bond donors (Lipinski definition) is 3. The number of anilines is 3. The van der Waals surface area contributed by atoms with Crippen molar-refractivity contribution in [2.24, 2.45) is 0 Å². The predicted octanol–water partition coefficient (Wildman–Crippen LogP) is 2.54. The maximum absolute atomic E-state index is 14.1. The van der Waals surface area contributed by atoms with Crippen LogP contribution < -0.4 is 21.5 Å². The number of rotatable bonds is 7.